The van der Waals surface area contributed by atoms with Crippen molar-refractivity contribution in [3.8, 4) is 0 Å². The number of aliphatic hydroxyl groups is 1. The number of hydrogen-bond acceptors (Lipinski definition) is 2. The first kappa shape index (κ1) is 30.6. The lowest BCUT2D eigenvalue weighted by Gasteiger charge is -2.35. The lowest BCUT2D eigenvalue weighted by molar-refractivity contribution is -0.875. The van der Waals surface area contributed by atoms with Gasteiger partial charge in [-0.05, 0) is 51.4 Å². The van der Waals surface area contributed by atoms with Gasteiger partial charge in [0.15, 0.2) is 0 Å². The summed E-state index contributed by atoms with van der Waals surface area (Å²) in [5.74, 6) is 0. The van der Waals surface area contributed by atoms with Crippen LogP contribution >= 0.6 is 7.60 Å². The van der Waals surface area contributed by atoms with Gasteiger partial charge in [0.1, 0.15) is 6.54 Å². The summed E-state index contributed by atoms with van der Waals surface area (Å²) in [4.78, 5) is 19.2. The van der Waals surface area contributed by atoms with Crippen molar-refractivity contribution in [1.29, 1.82) is 0 Å². The maximum Gasteiger partial charge on any atom is 0.362 e. The number of likely N-dealkylation sites (N-methyl/N-ethyl adjacent to an activating group) is 1. The van der Waals surface area contributed by atoms with Crippen molar-refractivity contribution < 1.29 is 23.9 Å². The predicted octanol–water partition coefficient (Wildman–Crippen LogP) is 6.54. The standard InChI is InChI=1S/C25H50NO4P/c1-5-6-7-8-9-10-11-12-13-14-15-16-17-18-19-20-21-22-23-25(27,31(28,29)30)24-26(2,3)4/h7-8,12-13,27H,5-6,9-11,14-24H2,1-4H3,(H-,28,29,30)/p+1/b8-7-,13-12-. The molecule has 31 heavy (non-hydrogen) atoms. The molecule has 0 spiro atoms. The summed E-state index contributed by atoms with van der Waals surface area (Å²) >= 11 is 0. The molecule has 0 aliphatic rings. The third-order valence-electron chi connectivity index (χ3n) is 5.50. The van der Waals surface area contributed by atoms with E-state index in [0.29, 0.717) is 10.9 Å². The van der Waals surface area contributed by atoms with E-state index < -0.39 is 12.9 Å². The van der Waals surface area contributed by atoms with Crippen molar-refractivity contribution in [2.75, 3.05) is 27.7 Å². The van der Waals surface area contributed by atoms with Crippen LogP contribution in [0.15, 0.2) is 24.3 Å². The van der Waals surface area contributed by atoms with Gasteiger partial charge in [0.25, 0.3) is 0 Å². The first-order valence-electron chi connectivity index (χ1n) is 12.4. The molecule has 0 aromatic carbocycles. The van der Waals surface area contributed by atoms with Crippen LogP contribution in [0.5, 0.6) is 0 Å². The molecule has 0 aromatic rings. The van der Waals surface area contributed by atoms with E-state index in [2.05, 4.69) is 31.2 Å². The van der Waals surface area contributed by atoms with E-state index >= 15 is 0 Å². The van der Waals surface area contributed by atoms with Crippen LogP contribution in [0, 0.1) is 0 Å². The minimum Gasteiger partial charge on any atom is -0.373 e. The van der Waals surface area contributed by atoms with E-state index in [1.165, 1.54) is 64.2 Å². The Morgan fingerprint density at radius 2 is 1.13 bits per heavy atom. The van der Waals surface area contributed by atoms with Crippen molar-refractivity contribution in [1.82, 2.24) is 0 Å². The highest BCUT2D eigenvalue weighted by Crippen LogP contribution is 2.52. The fraction of sp³-hybridized carbons (Fsp3) is 0.840. The van der Waals surface area contributed by atoms with Gasteiger partial charge in [-0.25, -0.2) is 0 Å². The van der Waals surface area contributed by atoms with Crippen LogP contribution < -0.4 is 0 Å². The second-order valence-electron chi connectivity index (χ2n) is 10.0. The topological polar surface area (TPSA) is 77.8 Å². The smallest absolute Gasteiger partial charge is 0.362 e. The monoisotopic (exact) mass is 460 g/mol. The summed E-state index contributed by atoms with van der Waals surface area (Å²) in [6.45, 7) is 2.27. The molecular weight excluding hydrogens is 409 g/mol. The van der Waals surface area contributed by atoms with Crippen molar-refractivity contribution >= 4 is 7.60 Å². The van der Waals surface area contributed by atoms with Gasteiger partial charge in [-0.3, -0.25) is 4.57 Å². The second-order valence-corrected chi connectivity index (χ2v) is 11.9. The molecule has 3 N–H and O–H groups in total. The summed E-state index contributed by atoms with van der Waals surface area (Å²) < 4.78 is 12.1. The van der Waals surface area contributed by atoms with Crippen LogP contribution in [0.4, 0.5) is 0 Å². The highest BCUT2D eigenvalue weighted by molar-refractivity contribution is 7.53. The Morgan fingerprint density at radius 3 is 1.58 bits per heavy atom. The van der Waals surface area contributed by atoms with Crippen molar-refractivity contribution in [3.05, 3.63) is 24.3 Å². The van der Waals surface area contributed by atoms with Gasteiger partial charge in [0.05, 0.1) is 21.1 Å². The van der Waals surface area contributed by atoms with Gasteiger partial charge in [-0.15, -0.1) is 0 Å². The van der Waals surface area contributed by atoms with Crippen LogP contribution in [0.2, 0.25) is 0 Å². The van der Waals surface area contributed by atoms with Crippen LogP contribution in [-0.4, -0.2) is 52.4 Å². The number of unbranched alkanes of at least 4 members (excludes halogenated alkanes) is 11. The average Bonchev–Trinajstić information content (AvgIpc) is 2.65. The maximum absolute atomic E-state index is 11.8. The molecule has 0 radical (unpaired) electrons. The minimum absolute atomic E-state index is 0.0573. The predicted molar refractivity (Wildman–Crippen MR) is 133 cm³/mol. The van der Waals surface area contributed by atoms with Crippen LogP contribution in [0.3, 0.4) is 0 Å². The first-order valence-corrected chi connectivity index (χ1v) is 14.0. The molecule has 6 heteroatoms. The second kappa shape index (κ2) is 17.1. The Bertz CT molecular complexity index is 536. The quantitative estimate of drug-likeness (QED) is 0.0834. The number of allylic oxidation sites excluding steroid dienone is 4. The molecule has 0 amide bonds. The van der Waals surface area contributed by atoms with Gasteiger partial charge in [0.2, 0.25) is 5.34 Å². The molecular formula is C25H51NO4P+. The number of quaternary nitrogens is 1. The van der Waals surface area contributed by atoms with E-state index in [4.69, 9.17) is 0 Å². The zero-order chi connectivity index (χ0) is 23.6. The molecule has 0 aromatic heterocycles. The zero-order valence-corrected chi connectivity index (χ0v) is 21.7. The van der Waals surface area contributed by atoms with Gasteiger partial charge in [0, 0.05) is 0 Å². The Kier molecular flexibility index (Phi) is 16.8. The fourth-order valence-electron chi connectivity index (χ4n) is 3.80. The highest BCUT2D eigenvalue weighted by atomic mass is 31.2. The summed E-state index contributed by atoms with van der Waals surface area (Å²) in [6.07, 6.45) is 25.4. The SMILES string of the molecule is CCC/C=C\CCC/C=C\CCCCCCCCCCC(O)(C[N+](C)(C)C)P(=O)(O)O. The molecule has 0 heterocycles. The molecule has 0 saturated heterocycles. The van der Waals surface area contributed by atoms with Crippen LogP contribution in [-0.2, 0) is 4.57 Å². The highest BCUT2D eigenvalue weighted by Gasteiger charge is 2.48. The van der Waals surface area contributed by atoms with Crippen molar-refractivity contribution in [2.45, 2.75) is 109 Å². The number of rotatable bonds is 20. The lowest BCUT2D eigenvalue weighted by atomic mass is 10.0. The zero-order valence-electron chi connectivity index (χ0n) is 20.8. The number of nitrogens with zero attached hydrogens (tertiary/aromatic N) is 1. The van der Waals surface area contributed by atoms with E-state index in [-0.39, 0.29) is 13.0 Å². The van der Waals surface area contributed by atoms with Crippen LogP contribution in [0.1, 0.15) is 103 Å². The van der Waals surface area contributed by atoms with Crippen LogP contribution in [0.25, 0.3) is 0 Å². The lowest BCUT2D eigenvalue weighted by Crippen LogP contribution is -2.49. The molecule has 0 fully saturated rings. The molecule has 5 nitrogen and oxygen atoms in total. The summed E-state index contributed by atoms with van der Waals surface area (Å²) in [5.41, 5.74) is 0. The summed E-state index contributed by atoms with van der Waals surface area (Å²) in [6, 6.07) is 0. The minimum atomic E-state index is -4.55. The first-order chi connectivity index (χ1) is 14.5. The van der Waals surface area contributed by atoms with Crippen molar-refractivity contribution in [2.24, 2.45) is 0 Å². The molecule has 0 saturated carbocycles. The fourth-order valence-corrected chi connectivity index (χ4v) is 4.86. The Morgan fingerprint density at radius 1 is 0.710 bits per heavy atom. The van der Waals surface area contributed by atoms with E-state index in [1.54, 1.807) is 0 Å². The molecule has 0 rings (SSSR count). The molecule has 0 aliphatic heterocycles. The molecule has 184 valence electrons. The number of hydrogen-bond donors (Lipinski definition) is 3. The van der Waals surface area contributed by atoms with E-state index in [0.717, 1.165) is 19.3 Å². The Balaban J connectivity index is 3.67. The third-order valence-corrected chi connectivity index (χ3v) is 6.95. The van der Waals surface area contributed by atoms with Gasteiger partial charge in [-0.2, -0.15) is 0 Å². The van der Waals surface area contributed by atoms with Gasteiger partial charge in [-0.1, -0.05) is 76.2 Å². The molecule has 1 atom stereocenters. The largest absolute Gasteiger partial charge is 0.373 e. The Labute approximate surface area is 192 Å². The Hall–Kier alpha value is -0.450. The summed E-state index contributed by atoms with van der Waals surface area (Å²) in [5, 5.41) is 8.62. The summed E-state index contributed by atoms with van der Waals surface area (Å²) in [7, 11) is 0.965. The van der Waals surface area contributed by atoms with E-state index in [1.807, 2.05) is 21.1 Å². The van der Waals surface area contributed by atoms with Gasteiger partial charge < -0.3 is 19.4 Å². The van der Waals surface area contributed by atoms with Crippen molar-refractivity contribution in [3.63, 3.8) is 0 Å². The van der Waals surface area contributed by atoms with Gasteiger partial charge >= 0.3 is 7.60 Å². The molecule has 0 aliphatic carbocycles. The third kappa shape index (κ3) is 17.7. The normalized spacial score (nSPS) is 15.2. The molecule has 1 unspecified atom stereocenters. The average molecular weight is 461 g/mol. The molecule has 0 bridgehead atoms. The van der Waals surface area contributed by atoms with E-state index in [9.17, 15) is 19.5 Å². The maximum atomic E-state index is 11.8.